The molecule has 28 heavy (non-hydrogen) atoms. The number of carbonyl (C=O) groups excluding carboxylic acids is 1. The fourth-order valence-corrected chi connectivity index (χ4v) is 5.14. The van der Waals surface area contributed by atoms with Crippen molar-refractivity contribution in [2.24, 2.45) is 0 Å². The summed E-state index contributed by atoms with van der Waals surface area (Å²) in [4.78, 5) is 27.0. The van der Waals surface area contributed by atoms with E-state index >= 15 is 0 Å². The Kier molecular flexibility index (Phi) is 6.13. The highest BCUT2D eigenvalue weighted by molar-refractivity contribution is 7.17. The number of amides is 1. The molecule has 1 N–H and O–H groups in total. The number of hydrogen-bond donors (Lipinski definition) is 1. The molecule has 0 spiro atoms. The second-order valence-corrected chi connectivity index (χ2v) is 8.98. The lowest BCUT2D eigenvalue weighted by molar-refractivity contribution is 0.0526. The van der Waals surface area contributed by atoms with E-state index in [9.17, 15) is 4.79 Å². The maximum atomic E-state index is 13.0. The maximum absolute atomic E-state index is 13.0. The van der Waals surface area contributed by atoms with Crippen molar-refractivity contribution in [3.05, 3.63) is 33.9 Å². The van der Waals surface area contributed by atoms with E-state index in [0.29, 0.717) is 20.8 Å². The van der Waals surface area contributed by atoms with Crippen LogP contribution in [0.4, 0.5) is 10.9 Å². The number of nitrogens with zero attached hydrogens (tertiary/aromatic N) is 4. The number of nitrogens with one attached hydrogen (secondary N) is 1. The minimum Gasteiger partial charge on any atom is -0.335 e. The molecule has 1 aliphatic heterocycles. The maximum Gasteiger partial charge on any atom is 0.266 e. The lowest BCUT2D eigenvalue weighted by Gasteiger charge is -2.40. The fraction of sp³-hybridized carbons (Fsp3) is 0.550. The molecule has 1 saturated carbocycles. The molecule has 0 atom stereocenters. The summed E-state index contributed by atoms with van der Waals surface area (Å²) in [6, 6.07) is 4.29. The third-order valence-corrected chi connectivity index (χ3v) is 6.93. The smallest absolute Gasteiger partial charge is 0.266 e. The third kappa shape index (κ3) is 4.47. The monoisotopic (exact) mass is 419 g/mol. The normalized spacial score (nSPS) is 19.0. The lowest BCUT2D eigenvalue weighted by atomic mass is 9.94. The van der Waals surface area contributed by atoms with Crippen molar-refractivity contribution in [3.8, 4) is 0 Å². The van der Waals surface area contributed by atoms with Crippen molar-refractivity contribution in [2.75, 3.05) is 31.5 Å². The molecule has 1 saturated heterocycles. The molecule has 150 valence electrons. The molecule has 2 aromatic heterocycles. The highest BCUT2D eigenvalue weighted by atomic mass is 35.5. The van der Waals surface area contributed by atoms with E-state index in [4.69, 9.17) is 11.6 Å². The number of rotatable bonds is 4. The topological polar surface area (TPSA) is 61.4 Å². The van der Waals surface area contributed by atoms with Gasteiger partial charge in [0.15, 0.2) is 5.13 Å². The molecule has 1 aliphatic carbocycles. The Morgan fingerprint density at radius 2 is 1.93 bits per heavy atom. The van der Waals surface area contributed by atoms with Crippen molar-refractivity contribution in [3.63, 3.8) is 0 Å². The van der Waals surface area contributed by atoms with Gasteiger partial charge in [0.05, 0.1) is 10.7 Å². The van der Waals surface area contributed by atoms with Crippen LogP contribution in [0.25, 0.3) is 0 Å². The van der Waals surface area contributed by atoms with Gasteiger partial charge in [-0.1, -0.05) is 42.2 Å². The predicted molar refractivity (Wildman–Crippen MR) is 114 cm³/mol. The zero-order valence-corrected chi connectivity index (χ0v) is 17.7. The minimum atomic E-state index is 0.0930. The number of aryl methyl sites for hydroxylation is 1. The Morgan fingerprint density at radius 1 is 1.18 bits per heavy atom. The van der Waals surface area contributed by atoms with Crippen molar-refractivity contribution < 1.29 is 4.79 Å². The van der Waals surface area contributed by atoms with Crippen molar-refractivity contribution in [2.45, 2.75) is 45.1 Å². The first kappa shape index (κ1) is 19.6. The molecule has 4 rings (SSSR count). The van der Waals surface area contributed by atoms with Crippen LogP contribution in [0.3, 0.4) is 0 Å². The first-order valence-corrected chi connectivity index (χ1v) is 11.2. The number of piperazine rings is 1. The molecule has 1 amide bonds. The Labute approximate surface area is 174 Å². The zero-order chi connectivity index (χ0) is 19.5. The van der Waals surface area contributed by atoms with E-state index in [1.807, 2.05) is 11.8 Å². The quantitative estimate of drug-likeness (QED) is 0.798. The summed E-state index contributed by atoms with van der Waals surface area (Å²) >= 11 is 7.26. The van der Waals surface area contributed by atoms with Gasteiger partial charge in [0.1, 0.15) is 10.7 Å². The number of thiazole rings is 1. The van der Waals surface area contributed by atoms with Gasteiger partial charge in [0, 0.05) is 38.4 Å². The van der Waals surface area contributed by atoms with Crippen LogP contribution in [0.1, 0.15) is 47.5 Å². The first-order chi connectivity index (χ1) is 13.6. The van der Waals surface area contributed by atoms with Crippen molar-refractivity contribution in [1.82, 2.24) is 19.8 Å². The van der Waals surface area contributed by atoms with Crippen LogP contribution in [-0.2, 0) is 0 Å². The summed E-state index contributed by atoms with van der Waals surface area (Å²) in [6.07, 6.45) is 8.29. The first-order valence-electron chi connectivity index (χ1n) is 9.99. The Morgan fingerprint density at radius 3 is 2.61 bits per heavy atom. The van der Waals surface area contributed by atoms with Gasteiger partial charge in [-0.2, -0.15) is 0 Å². The van der Waals surface area contributed by atoms with Crippen molar-refractivity contribution >= 4 is 39.8 Å². The van der Waals surface area contributed by atoms with Crippen LogP contribution >= 0.6 is 22.9 Å². The van der Waals surface area contributed by atoms with Gasteiger partial charge in [0.25, 0.3) is 5.91 Å². The number of carbonyl (C=O) groups is 1. The van der Waals surface area contributed by atoms with E-state index in [0.717, 1.165) is 37.9 Å². The predicted octanol–water partition coefficient (Wildman–Crippen LogP) is 4.33. The van der Waals surface area contributed by atoms with Gasteiger partial charge in [0.2, 0.25) is 0 Å². The fourth-order valence-electron chi connectivity index (χ4n) is 4.09. The summed E-state index contributed by atoms with van der Waals surface area (Å²) in [5, 5.41) is 4.42. The van der Waals surface area contributed by atoms with Crippen LogP contribution in [0, 0.1) is 6.92 Å². The molecule has 6 nitrogen and oxygen atoms in total. The Bertz CT molecular complexity index is 811. The molecular formula is C20H26ClN5OS. The molecule has 2 aromatic rings. The van der Waals surface area contributed by atoms with E-state index in [-0.39, 0.29) is 5.91 Å². The number of pyridine rings is 1. The minimum absolute atomic E-state index is 0.0930. The summed E-state index contributed by atoms with van der Waals surface area (Å²) in [5.41, 5.74) is 0.765. The average Bonchev–Trinajstić information content (AvgIpc) is 3.10. The van der Waals surface area contributed by atoms with Gasteiger partial charge in [-0.15, -0.1) is 0 Å². The highest BCUT2D eigenvalue weighted by Gasteiger charge is 2.29. The van der Waals surface area contributed by atoms with Crippen LogP contribution in [0.2, 0.25) is 5.02 Å². The number of anilines is 2. The molecule has 0 radical (unpaired) electrons. The summed E-state index contributed by atoms with van der Waals surface area (Å²) in [5.74, 6) is 0.758. The molecule has 2 aliphatic rings. The SMILES string of the molecule is Cc1nc(Nc2ccc(Cl)cn2)sc1C(=O)N1CCN(C2CCCCC2)CC1. The molecular weight excluding hydrogens is 394 g/mol. The van der Waals surface area contributed by atoms with Crippen LogP contribution in [0.15, 0.2) is 18.3 Å². The van der Waals surface area contributed by atoms with Gasteiger partial charge in [-0.3, -0.25) is 9.69 Å². The summed E-state index contributed by atoms with van der Waals surface area (Å²) < 4.78 is 0. The highest BCUT2D eigenvalue weighted by Crippen LogP contribution is 2.28. The average molecular weight is 420 g/mol. The van der Waals surface area contributed by atoms with Gasteiger partial charge < -0.3 is 10.2 Å². The zero-order valence-electron chi connectivity index (χ0n) is 16.2. The molecule has 2 fully saturated rings. The van der Waals surface area contributed by atoms with Crippen molar-refractivity contribution in [1.29, 1.82) is 0 Å². The van der Waals surface area contributed by atoms with Crippen LogP contribution in [-0.4, -0.2) is 57.9 Å². The van der Waals surface area contributed by atoms with E-state index in [1.54, 1.807) is 18.3 Å². The summed E-state index contributed by atoms with van der Waals surface area (Å²) in [7, 11) is 0. The molecule has 8 heteroatoms. The lowest BCUT2D eigenvalue weighted by Crippen LogP contribution is -2.52. The van der Waals surface area contributed by atoms with Gasteiger partial charge in [-0.05, 0) is 31.9 Å². The number of hydrogen-bond acceptors (Lipinski definition) is 6. The third-order valence-electron chi connectivity index (χ3n) is 5.65. The Hall–Kier alpha value is -1.70. The molecule has 3 heterocycles. The molecule has 0 bridgehead atoms. The standard InChI is InChI=1S/C20H26ClN5OS/c1-14-18(28-20(23-14)24-17-8-7-15(21)13-22-17)19(27)26-11-9-25(10-12-26)16-5-3-2-4-6-16/h7-8,13,16H,2-6,9-12H2,1H3,(H,22,23,24). The largest absolute Gasteiger partial charge is 0.335 e. The second-order valence-electron chi connectivity index (χ2n) is 7.54. The second kappa shape index (κ2) is 8.76. The van der Waals surface area contributed by atoms with Gasteiger partial charge in [-0.25, -0.2) is 9.97 Å². The summed E-state index contributed by atoms with van der Waals surface area (Å²) in [6.45, 7) is 5.45. The van der Waals surface area contributed by atoms with Gasteiger partial charge >= 0.3 is 0 Å². The van der Waals surface area contributed by atoms with E-state index in [1.165, 1.54) is 43.4 Å². The molecule has 0 unspecified atom stereocenters. The number of halogens is 1. The van der Waals surface area contributed by atoms with E-state index in [2.05, 4.69) is 20.2 Å². The van der Waals surface area contributed by atoms with E-state index < -0.39 is 0 Å². The van der Waals surface area contributed by atoms with Crippen LogP contribution in [0.5, 0.6) is 0 Å². The molecule has 0 aromatic carbocycles. The van der Waals surface area contributed by atoms with Crippen LogP contribution < -0.4 is 5.32 Å². The Balaban J connectivity index is 1.37. The number of aromatic nitrogens is 2.